The van der Waals surface area contributed by atoms with Gasteiger partial charge in [-0.15, -0.1) is 0 Å². The van der Waals surface area contributed by atoms with Crippen LogP contribution in [0.4, 0.5) is 11.4 Å². The van der Waals surface area contributed by atoms with Gasteiger partial charge in [0.2, 0.25) is 0 Å². The average Bonchev–Trinajstić information content (AvgIpc) is 3.63. The molecular formula is C28H29N5O2. The SMILES string of the molecule is CNCNc1cc(-c2cccc(N3CCc4cc(C5CC5)ccc4C3=O)c2CO)cn2ccnc12. The topological polar surface area (TPSA) is 81.9 Å². The molecule has 0 unspecified atom stereocenters. The van der Waals surface area contributed by atoms with Crippen LogP contribution in [-0.2, 0) is 13.0 Å². The van der Waals surface area contributed by atoms with E-state index in [1.807, 2.05) is 59.1 Å². The highest BCUT2D eigenvalue weighted by Gasteiger charge is 2.30. The first-order chi connectivity index (χ1) is 17.2. The van der Waals surface area contributed by atoms with Crippen LogP contribution in [0, 0.1) is 0 Å². The smallest absolute Gasteiger partial charge is 0.258 e. The number of pyridine rings is 1. The van der Waals surface area contributed by atoms with E-state index in [0.29, 0.717) is 19.1 Å². The number of nitrogens with zero attached hydrogens (tertiary/aromatic N) is 3. The van der Waals surface area contributed by atoms with Gasteiger partial charge in [-0.05, 0) is 67.1 Å². The summed E-state index contributed by atoms with van der Waals surface area (Å²) in [5, 5.41) is 16.9. The molecule has 0 saturated heterocycles. The molecule has 2 aromatic carbocycles. The van der Waals surface area contributed by atoms with Crippen molar-refractivity contribution in [2.24, 2.45) is 0 Å². The lowest BCUT2D eigenvalue weighted by molar-refractivity contribution is 0.0980. The van der Waals surface area contributed by atoms with Crippen molar-refractivity contribution in [3.8, 4) is 11.1 Å². The molecule has 6 rings (SSSR count). The molecule has 1 amide bonds. The second-order valence-electron chi connectivity index (χ2n) is 9.37. The molecule has 3 N–H and O–H groups in total. The fraction of sp³-hybridized carbons (Fsp3) is 0.286. The van der Waals surface area contributed by atoms with E-state index in [1.54, 1.807) is 6.20 Å². The van der Waals surface area contributed by atoms with Crippen molar-refractivity contribution in [2.75, 3.05) is 30.5 Å². The number of aliphatic hydroxyl groups excluding tert-OH is 1. The number of hydrogen-bond acceptors (Lipinski definition) is 5. The summed E-state index contributed by atoms with van der Waals surface area (Å²) in [7, 11) is 1.88. The van der Waals surface area contributed by atoms with Gasteiger partial charge in [0.1, 0.15) is 0 Å². The molecule has 2 aliphatic rings. The Morgan fingerprint density at radius 1 is 1.14 bits per heavy atom. The van der Waals surface area contributed by atoms with Crippen molar-refractivity contribution in [3.05, 3.63) is 83.3 Å². The Morgan fingerprint density at radius 3 is 2.83 bits per heavy atom. The molecule has 35 heavy (non-hydrogen) atoms. The van der Waals surface area contributed by atoms with Crippen molar-refractivity contribution < 1.29 is 9.90 Å². The maximum absolute atomic E-state index is 13.6. The van der Waals surface area contributed by atoms with Gasteiger partial charge in [0.05, 0.1) is 24.7 Å². The van der Waals surface area contributed by atoms with Crippen molar-refractivity contribution in [1.29, 1.82) is 0 Å². The largest absolute Gasteiger partial charge is 0.392 e. The zero-order valence-electron chi connectivity index (χ0n) is 19.8. The van der Waals surface area contributed by atoms with E-state index in [-0.39, 0.29) is 12.5 Å². The van der Waals surface area contributed by atoms with E-state index in [9.17, 15) is 9.90 Å². The summed E-state index contributed by atoms with van der Waals surface area (Å²) < 4.78 is 1.97. The Labute approximate surface area is 204 Å². The lowest BCUT2D eigenvalue weighted by Gasteiger charge is -2.31. The first-order valence-electron chi connectivity index (χ1n) is 12.2. The fourth-order valence-corrected chi connectivity index (χ4v) is 5.17. The monoisotopic (exact) mass is 467 g/mol. The quantitative estimate of drug-likeness (QED) is 0.356. The summed E-state index contributed by atoms with van der Waals surface area (Å²) >= 11 is 0. The Morgan fingerprint density at radius 2 is 2.03 bits per heavy atom. The fourth-order valence-electron chi connectivity index (χ4n) is 5.17. The van der Waals surface area contributed by atoms with Gasteiger partial charge in [0.25, 0.3) is 5.91 Å². The zero-order chi connectivity index (χ0) is 23.9. The minimum Gasteiger partial charge on any atom is -0.392 e. The van der Waals surface area contributed by atoms with Crippen molar-refractivity contribution in [1.82, 2.24) is 14.7 Å². The third-order valence-corrected chi connectivity index (χ3v) is 7.11. The number of aromatic nitrogens is 2. The highest BCUT2D eigenvalue weighted by atomic mass is 16.3. The van der Waals surface area contributed by atoms with Gasteiger partial charge in [0.15, 0.2) is 5.65 Å². The van der Waals surface area contributed by atoms with Gasteiger partial charge in [-0.3, -0.25) is 4.79 Å². The van der Waals surface area contributed by atoms with E-state index < -0.39 is 0 Å². The summed E-state index contributed by atoms with van der Waals surface area (Å²) in [4.78, 5) is 19.8. The van der Waals surface area contributed by atoms with Gasteiger partial charge < -0.3 is 25.0 Å². The van der Waals surface area contributed by atoms with Gasteiger partial charge >= 0.3 is 0 Å². The molecule has 2 aromatic heterocycles. The van der Waals surface area contributed by atoms with Gasteiger partial charge in [-0.2, -0.15) is 0 Å². The van der Waals surface area contributed by atoms with Crippen LogP contribution in [0.5, 0.6) is 0 Å². The Hall–Kier alpha value is -3.68. The molecule has 0 spiro atoms. The molecule has 7 heteroatoms. The summed E-state index contributed by atoms with van der Waals surface area (Å²) in [5.74, 6) is 0.674. The molecule has 1 saturated carbocycles. The second kappa shape index (κ2) is 8.83. The number of rotatable bonds is 7. The molecule has 1 fully saturated rings. The summed E-state index contributed by atoms with van der Waals surface area (Å²) in [6.45, 7) is 1.04. The predicted octanol–water partition coefficient (Wildman–Crippen LogP) is 4.16. The highest BCUT2D eigenvalue weighted by Crippen LogP contribution is 2.41. The van der Waals surface area contributed by atoms with Crippen molar-refractivity contribution in [3.63, 3.8) is 0 Å². The molecule has 178 valence electrons. The van der Waals surface area contributed by atoms with E-state index in [2.05, 4.69) is 27.8 Å². The number of carbonyl (C=O) groups is 1. The molecule has 1 aliphatic heterocycles. The number of fused-ring (bicyclic) bond motifs is 2. The van der Waals surface area contributed by atoms with Gasteiger partial charge in [0, 0.05) is 41.8 Å². The number of carbonyl (C=O) groups excluding carboxylic acids is 1. The van der Waals surface area contributed by atoms with E-state index in [0.717, 1.165) is 51.3 Å². The summed E-state index contributed by atoms with van der Waals surface area (Å²) in [6, 6.07) is 14.3. The molecule has 3 heterocycles. The van der Waals surface area contributed by atoms with Crippen LogP contribution >= 0.6 is 0 Å². The maximum atomic E-state index is 13.6. The third kappa shape index (κ3) is 3.87. The van der Waals surface area contributed by atoms with E-state index in [1.165, 1.54) is 18.4 Å². The van der Waals surface area contributed by atoms with E-state index in [4.69, 9.17) is 0 Å². The first kappa shape index (κ1) is 21.8. The predicted molar refractivity (Wildman–Crippen MR) is 138 cm³/mol. The van der Waals surface area contributed by atoms with Crippen LogP contribution < -0.4 is 15.5 Å². The summed E-state index contributed by atoms with van der Waals surface area (Å²) in [5.41, 5.74) is 8.36. The van der Waals surface area contributed by atoms with Crippen LogP contribution in [0.25, 0.3) is 16.8 Å². The molecule has 0 atom stereocenters. The highest BCUT2D eigenvalue weighted by molar-refractivity contribution is 6.09. The number of amides is 1. The second-order valence-corrected chi connectivity index (χ2v) is 9.37. The lowest BCUT2D eigenvalue weighted by atomic mass is 9.93. The lowest BCUT2D eigenvalue weighted by Crippen LogP contribution is -2.38. The zero-order valence-corrected chi connectivity index (χ0v) is 19.8. The standard InChI is InChI=1S/C28H29N5O2/c1-29-17-31-25-14-21(15-32-12-10-30-27(25)32)22-3-2-4-26(24(22)16-34)33-11-9-20-13-19(18-5-6-18)7-8-23(20)28(33)35/h2-4,7-8,10,12-15,18,29,31,34H,5-6,9,11,16-17H2,1H3. The maximum Gasteiger partial charge on any atom is 0.258 e. The Kier molecular flexibility index (Phi) is 5.51. The number of hydrogen-bond donors (Lipinski definition) is 3. The van der Waals surface area contributed by atoms with Crippen LogP contribution in [0.2, 0.25) is 0 Å². The minimum atomic E-state index is -0.163. The molecule has 4 aromatic rings. The number of nitrogens with one attached hydrogen (secondary N) is 2. The van der Waals surface area contributed by atoms with E-state index >= 15 is 0 Å². The summed E-state index contributed by atoms with van der Waals surface area (Å²) in [6.07, 6.45) is 9.01. The first-order valence-corrected chi connectivity index (χ1v) is 12.2. The van der Waals surface area contributed by atoms with Gasteiger partial charge in [-0.25, -0.2) is 4.98 Å². The number of imidazole rings is 1. The van der Waals surface area contributed by atoms with Crippen molar-refractivity contribution >= 4 is 22.9 Å². The van der Waals surface area contributed by atoms with Gasteiger partial charge in [-0.1, -0.05) is 24.3 Å². The number of anilines is 2. The molecule has 0 bridgehead atoms. The molecule has 1 aliphatic carbocycles. The molecule has 0 radical (unpaired) electrons. The van der Waals surface area contributed by atoms with Crippen molar-refractivity contribution in [2.45, 2.75) is 31.8 Å². The molecular weight excluding hydrogens is 438 g/mol. The average molecular weight is 468 g/mol. The minimum absolute atomic E-state index is 0.00174. The third-order valence-electron chi connectivity index (χ3n) is 7.11. The van der Waals surface area contributed by atoms with Crippen LogP contribution in [0.3, 0.4) is 0 Å². The van der Waals surface area contributed by atoms with Crippen LogP contribution in [-0.4, -0.2) is 40.7 Å². The van der Waals surface area contributed by atoms with Crippen LogP contribution in [0.15, 0.2) is 61.1 Å². The Bertz CT molecular complexity index is 1420. The normalized spacial score (nSPS) is 15.5. The molecule has 7 nitrogen and oxygen atoms in total. The van der Waals surface area contributed by atoms with Crippen LogP contribution in [0.1, 0.15) is 45.8 Å². The number of benzene rings is 2. The number of aliphatic hydroxyl groups is 1. The Balaban J connectivity index is 1.40.